The number of benzene rings is 1. The molecule has 0 unspecified atom stereocenters. The summed E-state index contributed by atoms with van der Waals surface area (Å²) >= 11 is 1.05. The molecule has 6 nitrogen and oxygen atoms in total. The third-order valence-electron chi connectivity index (χ3n) is 2.31. The minimum absolute atomic E-state index is 0.0973. The van der Waals surface area contributed by atoms with Crippen LogP contribution in [0.2, 0.25) is 0 Å². The Kier molecular flexibility index (Phi) is 4.21. The molecule has 1 aromatic carbocycles. The van der Waals surface area contributed by atoms with Gasteiger partial charge in [-0.05, 0) is 24.3 Å². The number of nitrogens with one attached hydrogen (secondary N) is 1. The summed E-state index contributed by atoms with van der Waals surface area (Å²) in [6.07, 6.45) is 2.13. The molecule has 0 saturated heterocycles. The Morgan fingerprint density at radius 2 is 1.95 bits per heavy atom. The second kappa shape index (κ2) is 5.73. The number of hydrogen-bond donors (Lipinski definition) is 2. The molecule has 2 aromatic rings. The predicted octanol–water partition coefficient (Wildman–Crippen LogP) is 1.46. The average Bonchev–Trinajstić information content (AvgIpc) is 2.41. The van der Waals surface area contributed by atoms with Gasteiger partial charge in [-0.1, -0.05) is 11.8 Å². The number of nitrogens with two attached hydrogens (primary N) is 1. The van der Waals surface area contributed by atoms with E-state index in [1.165, 1.54) is 12.1 Å². The topological polar surface area (TPSA) is 98.0 Å². The largest absolute Gasteiger partial charge is 0.292 e. The molecule has 1 heterocycles. The smallest absolute Gasteiger partial charge is 0.238 e. The first-order valence-electron chi connectivity index (χ1n) is 5.37. The Hall–Kier alpha value is -1.71. The van der Waals surface area contributed by atoms with Gasteiger partial charge in [-0.3, -0.25) is 5.43 Å². The molecule has 106 valence electrons. The van der Waals surface area contributed by atoms with E-state index in [0.29, 0.717) is 4.90 Å². The molecular formula is C11H11FN4O2S2. The van der Waals surface area contributed by atoms with Crippen molar-refractivity contribution >= 4 is 27.5 Å². The molecule has 0 aliphatic rings. The van der Waals surface area contributed by atoms with Gasteiger partial charge in [0.15, 0.2) is 15.7 Å². The van der Waals surface area contributed by atoms with Crippen molar-refractivity contribution in [1.82, 2.24) is 9.97 Å². The van der Waals surface area contributed by atoms with E-state index in [4.69, 9.17) is 5.84 Å². The zero-order valence-corrected chi connectivity index (χ0v) is 12.0. The maximum Gasteiger partial charge on any atom is 0.238 e. The highest BCUT2D eigenvalue weighted by atomic mass is 32.2. The molecule has 0 bridgehead atoms. The molecule has 0 amide bonds. The van der Waals surface area contributed by atoms with Gasteiger partial charge in [0.1, 0.15) is 5.03 Å². The summed E-state index contributed by atoms with van der Waals surface area (Å²) in [5.74, 6) is 4.67. The molecule has 20 heavy (non-hydrogen) atoms. The van der Waals surface area contributed by atoms with Gasteiger partial charge in [0.2, 0.25) is 5.95 Å². The lowest BCUT2D eigenvalue weighted by molar-refractivity contribution is 0.580. The lowest BCUT2D eigenvalue weighted by Crippen LogP contribution is -2.11. The van der Waals surface area contributed by atoms with Crippen molar-refractivity contribution in [2.45, 2.75) is 14.8 Å². The van der Waals surface area contributed by atoms with E-state index < -0.39 is 15.7 Å². The first-order valence-corrected chi connectivity index (χ1v) is 8.08. The van der Waals surface area contributed by atoms with E-state index in [1.54, 1.807) is 12.1 Å². The molecule has 0 aliphatic carbocycles. The van der Waals surface area contributed by atoms with Crippen LogP contribution in [0, 0.1) is 5.82 Å². The third kappa shape index (κ3) is 3.44. The maximum atomic E-state index is 13.5. The Morgan fingerprint density at radius 1 is 1.30 bits per heavy atom. The van der Waals surface area contributed by atoms with Gasteiger partial charge < -0.3 is 0 Å². The van der Waals surface area contributed by atoms with Crippen molar-refractivity contribution in [1.29, 1.82) is 0 Å². The number of aromatic nitrogens is 2. The second-order valence-corrected chi connectivity index (χ2v) is 6.91. The number of nitrogens with zero attached hydrogens (tertiary/aromatic N) is 2. The van der Waals surface area contributed by atoms with E-state index in [1.807, 2.05) is 0 Å². The fourth-order valence-electron chi connectivity index (χ4n) is 1.36. The molecule has 0 radical (unpaired) electrons. The number of anilines is 1. The van der Waals surface area contributed by atoms with Gasteiger partial charge in [-0.2, -0.15) is 0 Å². The lowest BCUT2D eigenvalue weighted by atomic mass is 10.4. The van der Waals surface area contributed by atoms with E-state index in [9.17, 15) is 12.8 Å². The van der Waals surface area contributed by atoms with Crippen molar-refractivity contribution < 1.29 is 12.8 Å². The molecular weight excluding hydrogens is 303 g/mol. The second-order valence-electron chi connectivity index (χ2n) is 3.84. The minimum atomic E-state index is -3.25. The molecule has 0 spiro atoms. The number of nitrogen functional groups attached to an aromatic ring is 1. The first-order chi connectivity index (χ1) is 9.40. The summed E-state index contributed by atoms with van der Waals surface area (Å²) in [4.78, 5) is 8.36. The zero-order valence-electron chi connectivity index (χ0n) is 10.4. The molecule has 3 N–H and O–H groups in total. The van der Waals surface area contributed by atoms with Crippen molar-refractivity contribution in [3.8, 4) is 0 Å². The first kappa shape index (κ1) is 14.7. The van der Waals surface area contributed by atoms with Crippen LogP contribution >= 0.6 is 11.8 Å². The van der Waals surface area contributed by atoms with Crippen molar-refractivity contribution in [2.75, 3.05) is 11.7 Å². The Labute approximate surface area is 119 Å². The van der Waals surface area contributed by atoms with Gasteiger partial charge in [0.25, 0.3) is 0 Å². The highest BCUT2D eigenvalue weighted by Crippen LogP contribution is 2.29. The van der Waals surface area contributed by atoms with Gasteiger partial charge in [0, 0.05) is 11.2 Å². The Bertz CT molecular complexity index is 720. The van der Waals surface area contributed by atoms with E-state index >= 15 is 0 Å². The highest BCUT2D eigenvalue weighted by molar-refractivity contribution is 7.99. The number of halogens is 1. The normalized spacial score (nSPS) is 11.3. The van der Waals surface area contributed by atoms with Crippen LogP contribution < -0.4 is 11.3 Å². The van der Waals surface area contributed by atoms with Crippen LogP contribution in [-0.2, 0) is 9.84 Å². The van der Waals surface area contributed by atoms with Crippen LogP contribution in [0.1, 0.15) is 0 Å². The van der Waals surface area contributed by atoms with Crippen LogP contribution in [-0.4, -0.2) is 24.6 Å². The van der Waals surface area contributed by atoms with Crippen LogP contribution in [0.5, 0.6) is 0 Å². The molecule has 0 aliphatic heterocycles. The summed E-state index contributed by atoms with van der Waals surface area (Å²) in [7, 11) is -3.25. The van der Waals surface area contributed by atoms with Crippen molar-refractivity contribution in [3.05, 3.63) is 36.3 Å². The van der Waals surface area contributed by atoms with Gasteiger partial charge in [-0.15, -0.1) is 0 Å². The van der Waals surface area contributed by atoms with Gasteiger partial charge >= 0.3 is 0 Å². The summed E-state index contributed by atoms with van der Waals surface area (Å²) in [6, 6.07) is 6.08. The molecule has 1 aromatic heterocycles. The average molecular weight is 314 g/mol. The number of rotatable bonds is 4. The van der Waals surface area contributed by atoms with E-state index in [0.717, 1.165) is 24.2 Å². The standard InChI is InChI=1S/C11H11FN4O2S2/c1-20(17,18)8-4-2-7(3-5-8)19-10-9(12)6-14-11(15-10)16-13/h2-6H,13H2,1H3,(H,14,15,16). The fourth-order valence-corrected chi connectivity index (χ4v) is 2.77. The number of hydrazine groups is 1. The molecule has 2 rings (SSSR count). The fraction of sp³-hybridized carbons (Fsp3) is 0.0909. The summed E-state index contributed by atoms with van der Waals surface area (Å²) in [6.45, 7) is 0. The highest BCUT2D eigenvalue weighted by Gasteiger charge is 2.10. The van der Waals surface area contributed by atoms with Crippen LogP contribution in [0.15, 0.2) is 45.3 Å². The molecule has 0 saturated carbocycles. The monoisotopic (exact) mass is 314 g/mol. The van der Waals surface area contributed by atoms with E-state index in [2.05, 4.69) is 15.4 Å². The predicted molar refractivity (Wildman–Crippen MR) is 73.5 cm³/mol. The van der Waals surface area contributed by atoms with Crippen molar-refractivity contribution in [2.24, 2.45) is 5.84 Å². The Balaban J connectivity index is 2.26. The molecule has 0 fully saturated rings. The quantitative estimate of drug-likeness (QED) is 0.501. The van der Waals surface area contributed by atoms with Gasteiger partial charge in [0.05, 0.1) is 11.1 Å². The third-order valence-corrected chi connectivity index (χ3v) is 4.42. The molecule has 0 atom stereocenters. The van der Waals surface area contributed by atoms with Gasteiger partial charge in [-0.25, -0.2) is 28.6 Å². The SMILES string of the molecule is CS(=O)(=O)c1ccc(Sc2nc(NN)ncc2F)cc1. The maximum absolute atomic E-state index is 13.5. The number of sulfone groups is 1. The summed E-state index contributed by atoms with van der Waals surface area (Å²) in [5, 5.41) is 0.0973. The summed E-state index contributed by atoms with van der Waals surface area (Å²) < 4.78 is 36.2. The molecule has 9 heteroatoms. The van der Waals surface area contributed by atoms with Crippen LogP contribution in [0.25, 0.3) is 0 Å². The zero-order chi connectivity index (χ0) is 14.8. The summed E-state index contributed by atoms with van der Waals surface area (Å²) in [5.41, 5.74) is 2.23. The lowest BCUT2D eigenvalue weighted by Gasteiger charge is -2.05. The van der Waals surface area contributed by atoms with Crippen LogP contribution in [0.3, 0.4) is 0 Å². The van der Waals surface area contributed by atoms with Crippen LogP contribution in [0.4, 0.5) is 10.3 Å². The number of hydrogen-bond acceptors (Lipinski definition) is 7. The Morgan fingerprint density at radius 3 is 2.50 bits per heavy atom. The minimum Gasteiger partial charge on any atom is -0.292 e. The van der Waals surface area contributed by atoms with Crippen molar-refractivity contribution in [3.63, 3.8) is 0 Å². The van der Waals surface area contributed by atoms with E-state index in [-0.39, 0.29) is 15.9 Å².